The molecule has 0 saturated heterocycles. The number of amides is 1. The first-order valence-corrected chi connectivity index (χ1v) is 9.38. The van der Waals surface area contributed by atoms with Crippen LogP contribution in [0.3, 0.4) is 0 Å². The third kappa shape index (κ3) is 4.18. The molecule has 1 amide bonds. The molecule has 142 valence electrons. The van der Waals surface area contributed by atoms with Crippen LogP contribution in [0.2, 0.25) is 0 Å². The van der Waals surface area contributed by atoms with Gasteiger partial charge in [-0.15, -0.1) is 5.10 Å². The topological polar surface area (TPSA) is 60.2 Å². The van der Waals surface area contributed by atoms with Crippen molar-refractivity contribution in [1.29, 1.82) is 0 Å². The van der Waals surface area contributed by atoms with Crippen molar-refractivity contribution in [3.8, 4) is 11.3 Å². The smallest absolute Gasteiger partial charge is 0.346 e. The molecule has 0 unspecified atom stereocenters. The zero-order chi connectivity index (χ0) is 19.2. The highest BCUT2D eigenvalue weighted by atomic mass is 16.5. The van der Waals surface area contributed by atoms with E-state index in [9.17, 15) is 4.79 Å². The molecule has 1 aliphatic heterocycles. The molecular weight excluding hydrogens is 352 g/mol. The molecule has 1 aliphatic rings. The zero-order valence-corrected chi connectivity index (χ0v) is 15.5. The van der Waals surface area contributed by atoms with Crippen molar-refractivity contribution >= 4 is 6.03 Å². The van der Waals surface area contributed by atoms with Gasteiger partial charge in [-0.3, -0.25) is 0 Å². The van der Waals surface area contributed by atoms with Crippen molar-refractivity contribution in [3.63, 3.8) is 0 Å². The predicted octanol–water partition coefficient (Wildman–Crippen LogP) is 3.76. The van der Waals surface area contributed by atoms with Gasteiger partial charge in [0.2, 0.25) is 0 Å². The third-order valence-electron chi connectivity index (χ3n) is 4.70. The van der Waals surface area contributed by atoms with Gasteiger partial charge in [-0.1, -0.05) is 78.0 Å². The van der Waals surface area contributed by atoms with E-state index in [2.05, 4.69) is 16.4 Å². The van der Waals surface area contributed by atoms with Gasteiger partial charge in [0, 0.05) is 12.1 Å². The van der Waals surface area contributed by atoms with E-state index in [4.69, 9.17) is 4.74 Å². The monoisotopic (exact) mass is 374 g/mol. The summed E-state index contributed by atoms with van der Waals surface area (Å²) in [5, 5.41) is 8.19. The molecule has 0 radical (unpaired) electrons. The second-order valence-electron chi connectivity index (χ2n) is 6.68. The van der Waals surface area contributed by atoms with Gasteiger partial charge in [0.25, 0.3) is 0 Å². The van der Waals surface area contributed by atoms with Crippen LogP contribution < -0.4 is 0 Å². The maximum Gasteiger partial charge on any atom is 0.346 e. The molecule has 1 atom stereocenters. The average molecular weight is 374 g/mol. The van der Waals surface area contributed by atoms with Crippen molar-refractivity contribution < 1.29 is 9.53 Å². The van der Waals surface area contributed by atoms with E-state index in [1.54, 1.807) is 11.1 Å². The van der Waals surface area contributed by atoms with E-state index in [1.807, 2.05) is 66.7 Å². The molecule has 1 aromatic heterocycles. The molecule has 0 fully saturated rings. The average Bonchev–Trinajstić information content (AvgIpc) is 3.25. The van der Waals surface area contributed by atoms with E-state index in [1.165, 1.54) is 4.68 Å². The lowest BCUT2D eigenvalue weighted by Gasteiger charge is -2.31. The summed E-state index contributed by atoms with van der Waals surface area (Å²) >= 11 is 0. The van der Waals surface area contributed by atoms with Crippen LogP contribution in [0.15, 0.2) is 79.0 Å². The Balaban J connectivity index is 1.42. The van der Waals surface area contributed by atoms with Gasteiger partial charge >= 0.3 is 6.03 Å². The second-order valence-corrected chi connectivity index (χ2v) is 6.68. The zero-order valence-electron chi connectivity index (χ0n) is 15.5. The molecule has 2 aromatic carbocycles. The van der Waals surface area contributed by atoms with Crippen LogP contribution in [-0.2, 0) is 11.3 Å². The van der Waals surface area contributed by atoms with Gasteiger partial charge in [-0.05, 0) is 12.0 Å². The number of hydrogen-bond donors (Lipinski definition) is 0. The number of ether oxygens (including phenoxy) is 1. The van der Waals surface area contributed by atoms with E-state index < -0.39 is 0 Å². The van der Waals surface area contributed by atoms with Crippen LogP contribution in [0.1, 0.15) is 12.0 Å². The first kappa shape index (κ1) is 18.1. The molecule has 0 N–H and O–H groups in total. The Morgan fingerprint density at radius 1 is 1.07 bits per heavy atom. The van der Waals surface area contributed by atoms with Crippen LogP contribution in [0.4, 0.5) is 4.79 Å². The third-order valence-corrected chi connectivity index (χ3v) is 4.70. The van der Waals surface area contributed by atoms with E-state index in [-0.39, 0.29) is 12.1 Å². The van der Waals surface area contributed by atoms with Crippen LogP contribution in [0.5, 0.6) is 0 Å². The quantitative estimate of drug-likeness (QED) is 0.638. The van der Waals surface area contributed by atoms with Crippen LogP contribution in [0.25, 0.3) is 11.3 Å². The lowest BCUT2D eigenvalue weighted by Crippen LogP contribution is -2.46. The van der Waals surface area contributed by atoms with Gasteiger partial charge in [0.1, 0.15) is 5.69 Å². The summed E-state index contributed by atoms with van der Waals surface area (Å²) in [4.78, 5) is 14.8. The molecule has 0 bridgehead atoms. The minimum Gasteiger partial charge on any atom is -0.374 e. The molecule has 0 aliphatic carbocycles. The highest BCUT2D eigenvalue weighted by molar-refractivity contribution is 5.77. The Bertz CT molecular complexity index is 937. The summed E-state index contributed by atoms with van der Waals surface area (Å²) in [5.41, 5.74) is 2.73. The fourth-order valence-corrected chi connectivity index (χ4v) is 3.22. The first-order valence-electron chi connectivity index (χ1n) is 9.38. The summed E-state index contributed by atoms with van der Waals surface area (Å²) in [6.45, 7) is 1.60. The first-order chi connectivity index (χ1) is 13.8. The Morgan fingerprint density at radius 3 is 2.61 bits per heavy atom. The van der Waals surface area contributed by atoms with Gasteiger partial charge in [0.15, 0.2) is 0 Å². The summed E-state index contributed by atoms with van der Waals surface area (Å²) in [5.74, 6) is 0. The largest absolute Gasteiger partial charge is 0.374 e. The summed E-state index contributed by atoms with van der Waals surface area (Å²) < 4.78 is 7.17. The molecular formula is C22H22N4O2. The van der Waals surface area contributed by atoms with Crippen LogP contribution in [-0.4, -0.2) is 45.1 Å². The Kier molecular flexibility index (Phi) is 5.58. The van der Waals surface area contributed by atoms with E-state index in [0.29, 0.717) is 25.5 Å². The fraction of sp³-hybridized carbons (Fsp3) is 0.227. The molecule has 0 spiro atoms. The number of carbonyl (C=O) groups is 1. The number of benzene rings is 2. The summed E-state index contributed by atoms with van der Waals surface area (Å²) in [7, 11) is 0. The predicted molar refractivity (Wildman–Crippen MR) is 107 cm³/mol. The Morgan fingerprint density at radius 2 is 1.82 bits per heavy atom. The number of carbonyl (C=O) groups excluding carboxylic acids is 1. The van der Waals surface area contributed by atoms with Gasteiger partial charge in [-0.2, -0.15) is 4.68 Å². The number of aromatic nitrogens is 3. The number of rotatable bonds is 5. The van der Waals surface area contributed by atoms with Crippen molar-refractivity contribution in [2.24, 2.45) is 0 Å². The highest BCUT2D eigenvalue weighted by Crippen LogP contribution is 2.17. The molecule has 4 rings (SSSR count). The molecule has 28 heavy (non-hydrogen) atoms. The minimum absolute atomic E-state index is 0.116. The molecule has 0 saturated carbocycles. The van der Waals surface area contributed by atoms with Crippen molar-refractivity contribution in [3.05, 3.63) is 84.6 Å². The SMILES string of the molecule is O=C(N1CCC=C[C@@H]1COCc1ccccc1)n1cc(-c2ccccc2)nn1. The molecule has 2 heterocycles. The van der Waals surface area contributed by atoms with Crippen molar-refractivity contribution in [2.75, 3.05) is 13.2 Å². The van der Waals surface area contributed by atoms with Gasteiger partial charge < -0.3 is 9.64 Å². The minimum atomic E-state index is -0.188. The lowest BCUT2D eigenvalue weighted by atomic mass is 10.1. The second kappa shape index (κ2) is 8.63. The van der Waals surface area contributed by atoms with E-state index in [0.717, 1.165) is 17.5 Å². The molecule has 6 nitrogen and oxygen atoms in total. The lowest BCUT2D eigenvalue weighted by molar-refractivity contribution is 0.0748. The van der Waals surface area contributed by atoms with Crippen LogP contribution >= 0.6 is 0 Å². The fourth-order valence-electron chi connectivity index (χ4n) is 3.22. The maximum atomic E-state index is 13.0. The number of hydrogen-bond acceptors (Lipinski definition) is 4. The van der Waals surface area contributed by atoms with E-state index >= 15 is 0 Å². The maximum absolute atomic E-state index is 13.0. The molecule has 6 heteroatoms. The van der Waals surface area contributed by atoms with Crippen molar-refractivity contribution in [2.45, 2.75) is 19.1 Å². The van der Waals surface area contributed by atoms with Crippen LogP contribution in [0, 0.1) is 0 Å². The van der Waals surface area contributed by atoms with Crippen molar-refractivity contribution in [1.82, 2.24) is 19.9 Å². The summed E-state index contributed by atoms with van der Waals surface area (Å²) in [6.07, 6.45) is 6.62. The highest BCUT2D eigenvalue weighted by Gasteiger charge is 2.26. The number of nitrogens with zero attached hydrogens (tertiary/aromatic N) is 4. The standard InChI is InChI=1S/C22H22N4O2/c27-22(26-15-21(23-24-26)19-11-5-2-6-12-19)25-14-8-7-13-20(25)17-28-16-18-9-3-1-4-10-18/h1-7,9-13,15,20H,8,14,16-17H2/t20-/m1/s1. The normalized spacial score (nSPS) is 16.3. The Labute approximate surface area is 164 Å². The van der Waals surface area contributed by atoms with Gasteiger partial charge in [0.05, 0.1) is 25.5 Å². The molecule has 3 aromatic rings. The Hall–Kier alpha value is -3.25. The van der Waals surface area contributed by atoms with Gasteiger partial charge in [-0.25, -0.2) is 4.79 Å². The summed E-state index contributed by atoms with van der Waals surface area (Å²) in [6, 6.07) is 19.4.